The monoisotopic (exact) mass is 307 g/mol. The maximum atomic E-state index is 12.7. The number of aryl methyl sites for hydroxylation is 1. The SMILES string of the molecule is C/C=C1/CN(S(=O)(=O)c2ccc(C)cc2)C/C1=C(\C)OC. The van der Waals surface area contributed by atoms with Crippen LogP contribution < -0.4 is 0 Å². The molecule has 1 heterocycles. The fourth-order valence-electron chi connectivity index (χ4n) is 2.37. The Balaban J connectivity index is 2.38. The van der Waals surface area contributed by atoms with Crippen LogP contribution in [0.5, 0.6) is 0 Å². The van der Waals surface area contributed by atoms with Crippen LogP contribution in [0.1, 0.15) is 19.4 Å². The van der Waals surface area contributed by atoms with Crippen molar-refractivity contribution < 1.29 is 13.2 Å². The number of ether oxygens (including phenoxy) is 1. The smallest absolute Gasteiger partial charge is 0.243 e. The second-order valence-corrected chi connectivity index (χ2v) is 7.08. The first kappa shape index (κ1) is 15.8. The first-order valence-electron chi connectivity index (χ1n) is 6.86. The maximum absolute atomic E-state index is 12.7. The average Bonchev–Trinajstić information content (AvgIpc) is 2.92. The molecule has 1 fully saturated rings. The van der Waals surface area contributed by atoms with Crippen molar-refractivity contribution >= 4 is 10.0 Å². The Morgan fingerprint density at radius 3 is 2.38 bits per heavy atom. The van der Waals surface area contributed by atoms with E-state index in [1.54, 1.807) is 19.2 Å². The molecule has 1 aromatic rings. The third-order valence-electron chi connectivity index (χ3n) is 3.81. The summed E-state index contributed by atoms with van der Waals surface area (Å²) in [6.45, 7) is 6.46. The van der Waals surface area contributed by atoms with Crippen LogP contribution in [0.25, 0.3) is 0 Å². The number of hydrogen-bond acceptors (Lipinski definition) is 3. The second kappa shape index (κ2) is 6.03. The minimum Gasteiger partial charge on any atom is -0.501 e. The molecule has 1 aliphatic heterocycles. The number of rotatable bonds is 3. The van der Waals surface area contributed by atoms with Crippen LogP contribution in [-0.4, -0.2) is 32.9 Å². The van der Waals surface area contributed by atoms with Gasteiger partial charge < -0.3 is 4.74 Å². The van der Waals surface area contributed by atoms with Gasteiger partial charge in [-0.1, -0.05) is 23.8 Å². The lowest BCUT2D eigenvalue weighted by Gasteiger charge is -2.15. The Morgan fingerprint density at radius 2 is 1.86 bits per heavy atom. The molecule has 4 nitrogen and oxygen atoms in total. The first-order valence-corrected chi connectivity index (χ1v) is 8.30. The van der Waals surface area contributed by atoms with E-state index in [1.165, 1.54) is 4.31 Å². The fourth-order valence-corrected chi connectivity index (χ4v) is 3.76. The van der Waals surface area contributed by atoms with E-state index in [4.69, 9.17) is 4.74 Å². The minimum atomic E-state index is -3.47. The summed E-state index contributed by atoms with van der Waals surface area (Å²) in [5.41, 5.74) is 3.00. The van der Waals surface area contributed by atoms with E-state index in [2.05, 4.69) is 0 Å². The predicted molar refractivity (Wildman–Crippen MR) is 83.4 cm³/mol. The molecule has 0 spiro atoms. The summed E-state index contributed by atoms with van der Waals surface area (Å²) in [5.74, 6) is 0.768. The molecule has 1 aliphatic rings. The molecule has 1 saturated heterocycles. The molecule has 0 aliphatic carbocycles. The highest BCUT2D eigenvalue weighted by Crippen LogP contribution is 2.30. The van der Waals surface area contributed by atoms with E-state index in [0.29, 0.717) is 18.0 Å². The van der Waals surface area contributed by atoms with Gasteiger partial charge in [0.2, 0.25) is 10.0 Å². The first-order chi connectivity index (χ1) is 9.90. The molecule has 114 valence electrons. The van der Waals surface area contributed by atoms with Gasteiger partial charge in [-0.2, -0.15) is 4.31 Å². The van der Waals surface area contributed by atoms with Crippen molar-refractivity contribution in [2.24, 2.45) is 0 Å². The van der Waals surface area contributed by atoms with Gasteiger partial charge in [-0.25, -0.2) is 8.42 Å². The second-order valence-electron chi connectivity index (χ2n) is 5.14. The van der Waals surface area contributed by atoms with Gasteiger partial charge in [0.05, 0.1) is 17.8 Å². The lowest BCUT2D eigenvalue weighted by Crippen LogP contribution is -2.28. The lowest BCUT2D eigenvalue weighted by molar-refractivity contribution is 0.289. The molecule has 1 aromatic carbocycles. The largest absolute Gasteiger partial charge is 0.501 e. The van der Waals surface area contributed by atoms with Crippen LogP contribution in [0.15, 0.2) is 52.1 Å². The summed E-state index contributed by atoms with van der Waals surface area (Å²) >= 11 is 0. The zero-order chi connectivity index (χ0) is 15.6. The molecule has 0 bridgehead atoms. The van der Waals surface area contributed by atoms with Gasteiger partial charge in [0.25, 0.3) is 0 Å². The molecule has 0 saturated carbocycles. The third kappa shape index (κ3) is 3.04. The molecule has 0 amide bonds. The number of methoxy groups -OCH3 is 1. The van der Waals surface area contributed by atoms with Crippen LogP contribution >= 0.6 is 0 Å². The highest BCUT2D eigenvalue weighted by atomic mass is 32.2. The van der Waals surface area contributed by atoms with Gasteiger partial charge in [-0.3, -0.25) is 0 Å². The molecule has 0 N–H and O–H groups in total. The molecule has 2 rings (SSSR count). The molecular weight excluding hydrogens is 286 g/mol. The summed E-state index contributed by atoms with van der Waals surface area (Å²) < 4.78 is 32.2. The van der Waals surface area contributed by atoms with Crippen LogP contribution in [-0.2, 0) is 14.8 Å². The van der Waals surface area contributed by atoms with Gasteiger partial charge in [0.15, 0.2) is 0 Å². The average molecular weight is 307 g/mol. The summed E-state index contributed by atoms with van der Waals surface area (Å²) in [6, 6.07) is 6.95. The summed E-state index contributed by atoms with van der Waals surface area (Å²) in [7, 11) is -1.87. The molecule has 0 radical (unpaired) electrons. The summed E-state index contributed by atoms with van der Waals surface area (Å²) in [6.07, 6.45) is 1.95. The summed E-state index contributed by atoms with van der Waals surface area (Å²) in [4.78, 5) is 0.333. The Morgan fingerprint density at radius 1 is 1.24 bits per heavy atom. The Kier molecular flexibility index (Phi) is 4.54. The van der Waals surface area contributed by atoms with Crippen molar-refractivity contribution in [1.29, 1.82) is 0 Å². The van der Waals surface area contributed by atoms with Crippen molar-refractivity contribution in [1.82, 2.24) is 4.31 Å². The topological polar surface area (TPSA) is 46.6 Å². The number of allylic oxidation sites excluding steroid dienone is 2. The van der Waals surface area contributed by atoms with E-state index in [0.717, 1.165) is 22.5 Å². The van der Waals surface area contributed by atoms with E-state index < -0.39 is 10.0 Å². The standard InChI is InChI=1S/C16H21NO3S/c1-5-14-10-17(11-16(14)13(3)20-4)21(18,19)15-8-6-12(2)7-9-15/h5-9H,10-11H2,1-4H3/b14-5-,16-13-. The van der Waals surface area contributed by atoms with E-state index in [9.17, 15) is 8.42 Å². The minimum absolute atomic E-state index is 0.333. The van der Waals surface area contributed by atoms with Gasteiger partial charge in [0.1, 0.15) is 0 Å². The number of nitrogens with zero attached hydrogens (tertiary/aromatic N) is 1. The van der Waals surface area contributed by atoms with E-state index >= 15 is 0 Å². The number of hydrogen-bond donors (Lipinski definition) is 0. The predicted octanol–water partition coefficient (Wildman–Crippen LogP) is 2.87. The van der Waals surface area contributed by atoms with Crippen molar-refractivity contribution in [3.63, 3.8) is 0 Å². The van der Waals surface area contributed by atoms with Gasteiger partial charge in [-0.15, -0.1) is 0 Å². The van der Waals surface area contributed by atoms with Gasteiger partial charge >= 0.3 is 0 Å². The molecule has 5 heteroatoms. The van der Waals surface area contributed by atoms with E-state index in [1.807, 2.05) is 39.0 Å². The maximum Gasteiger partial charge on any atom is 0.243 e. The molecule has 0 aromatic heterocycles. The van der Waals surface area contributed by atoms with Crippen LogP contribution in [0.3, 0.4) is 0 Å². The van der Waals surface area contributed by atoms with Gasteiger partial charge in [-0.05, 0) is 38.5 Å². The summed E-state index contributed by atoms with van der Waals surface area (Å²) in [5, 5.41) is 0. The zero-order valence-corrected chi connectivity index (χ0v) is 13.7. The van der Waals surface area contributed by atoms with E-state index in [-0.39, 0.29) is 0 Å². The normalized spacial score (nSPS) is 20.9. The quantitative estimate of drug-likeness (QED) is 0.807. The van der Waals surface area contributed by atoms with Crippen molar-refractivity contribution in [2.45, 2.75) is 25.7 Å². The molecular formula is C16H21NO3S. The highest BCUT2D eigenvalue weighted by Gasteiger charge is 2.33. The van der Waals surface area contributed by atoms with Crippen molar-refractivity contribution in [3.8, 4) is 0 Å². The molecule has 0 unspecified atom stereocenters. The fraction of sp³-hybridized carbons (Fsp3) is 0.375. The lowest BCUT2D eigenvalue weighted by atomic mass is 10.1. The van der Waals surface area contributed by atoms with Crippen molar-refractivity contribution in [2.75, 3.05) is 20.2 Å². The van der Waals surface area contributed by atoms with Crippen molar-refractivity contribution in [3.05, 3.63) is 52.8 Å². The van der Waals surface area contributed by atoms with Gasteiger partial charge in [0, 0.05) is 18.7 Å². The van der Waals surface area contributed by atoms with Crippen LogP contribution in [0.4, 0.5) is 0 Å². The Labute approximate surface area is 126 Å². The highest BCUT2D eigenvalue weighted by molar-refractivity contribution is 7.89. The number of sulfonamides is 1. The van der Waals surface area contributed by atoms with Crippen LogP contribution in [0, 0.1) is 6.92 Å². The third-order valence-corrected chi connectivity index (χ3v) is 5.61. The Hall–Kier alpha value is -1.59. The molecule has 21 heavy (non-hydrogen) atoms. The molecule has 0 atom stereocenters. The van der Waals surface area contributed by atoms with Crippen LogP contribution in [0.2, 0.25) is 0 Å². The number of benzene rings is 1. The Bertz CT molecular complexity index is 685. The zero-order valence-electron chi connectivity index (χ0n) is 12.9.